The molecule has 1 fully saturated rings. The van der Waals surface area contributed by atoms with Crippen LogP contribution in [-0.2, 0) is 6.54 Å². The quantitative estimate of drug-likeness (QED) is 0.814. The topological polar surface area (TPSA) is 98.4 Å². The molecule has 2 aromatic heterocycles. The number of fused-ring (bicyclic) bond motifs is 1. The van der Waals surface area contributed by atoms with E-state index in [4.69, 9.17) is 5.11 Å². The number of carbonyl (C=O) groups is 1. The molecule has 1 aliphatic heterocycles. The first-order chi connectivity index (χ1) is 10.5. The van der Waals surface area contributed by atoms with Crippen LogP contribution >= 0.6 is 11.3 Å². The number of nitrogens with zero attached hydrogens (tertiary/aromatic N) is 4. The van der Waals surface area contributed by atoms with Gasteiger partial charge in [0.15, 0.2) is 10.7 Å². The van der Waals surface area contributed by atoms with Crippen LogP contribution in [-0.4, -0.2) is 68.6 Å². The third-order valence-corrected chi connectivity index (χ3v) is 4.70. The van der Waals surface area contributed by atoms with Crippen molar-refractivity contribution in [1.29, 1.82) is 0 Å². The molecular weight excluding hydrogens is 308 g/mol. The van der Waals surface area contributed by atoms with E-state index in [0.717, 1.165) is 31.1 Å². The second-order valence-electron chi connectivity index (χ2n) is 5.35. The monoisotopic (exact) mass is 324 g/mol. The summed E-state index contributed by atoms with van der Waals surface area (Å²) in [5, 5.41) is 18.6. The maximum Gasteiger partial charge on any atom is 0.358 e. The Hall–Kier alpha value is -1.97. The number of thiazole rings is 1. The maximum atomic E-state index is 12.0. The molecule has 3 heterocycles. The lowest BCUT2D eigenvalue weighted by molar-refractivity contribution is 0.0687. The number of hydrogen-bond donors (Lipinski definition) is 2. The summed E-state index contributed by atoms with van der Waals surface area (Å²) in [5.41, 5.74) is -1.35. The van der Waals surface area contributed by atoms with Crippen molar-refractivity contribution in [2.75, 3.05) is 33.2 Å². The molecule has 2 N–H and O–H groups in total. The van der Waals surface area contributed by atoms with E-state index >= 15 is 0 Å². The second-order valence-corrected chi connectivity index (χ2v) is 6.44. The van der Waals surface area contributed by atoms with Crippen LogP contribution < -0.4 is 5.56 Å². The minimum absolute atomic E-state index is 0.282. The molecule has 0 saturated carbocycles. The number of likely N-dealkylation sites (N-methyl/N-ethyl adjacent to an activating group) is 1. The molecule has 1 saturated heterocycles. The second kappa shape index (κ2) is 5.67. The number of rotatable bonds is 3. The van der Waals surface area contributed by atoms with Gasteiger partial charge in [-0.15, -0.1) is 0 Å². The van der Waals surface area contributed by atoms with Crippen LogP contribution in [0.5, 0.6) is 5.75 Å². The van der Waals surface area contributed by atoms with Crippen LogP contribution in [0.2, 0.25) is 0 Å². The molecule has 8 nitrogen and oxygen atoms in total. The Morgan fingerprint density at radius 2 is 2.05 bits per heavy atom. The van der Waals surface area contributed by atoms with Crippen molar-refractivity contribution in [3.05, 3.63) is 27.1 Å². The summed E-state index contributed by atoms with van der Waals surface area (Å²) in [4.78, 5) is 32.6. The smallest absolute Gasteiger partial charge is 0.358 e. The van der Waals surface area contributed by atoms with Gasteiger partial charge in [-0.2, -0.15) is 0 Å². The first-order valence-electron chi connectivity index (χ1n) is 6.84. The zero-order valence-corrected chi connectivity index (χ0v) is 12.8. The Bertz CT molecular complexity index is 776. The van der Waals surface area contributed by atoms with Gasteiger partial charge in [0.25, 0.3) is 0 Å². The summed E-state index contributed by atoms with van der Waals surface area (Å²) in [7, 11) is 2.08. The highest BCUT2D eigenvalue weighted by molar-refractivity contribution is 7.17. The molecule has 0 amide bonds. The maximum absolute atomic E-state index is 12.0. The summed E-state index contributed by atoms with van der Waals surface area (Å²) in [6.45, 7) is 4.56. The summed E-state index contributed by atoms with van der Waals surface area (Å²) in [6.07, 6.45) is 1.62. The molecule has 0 aromatic carbocycles. The van der Waals surface area contributed by atoms with Crippen LogP contribution in [0.4, 0.5) is 0 Å². The van der Waals surface area contributed by atoms with E-state index in [1.807, 2.05) is 0 Å². The number of aromatic hydroxyl groups is 1. The molecule has 0 bridgehead atoms. The third kappa shape index (κ3) is 2.70. The van der Waals surface area contributed by atoms with Crippen molar-refractivity contribution >= 4 is 22.3 Å². The van der Waals surface area contributed by atoms with Crippen molar-refractivity contribution in [3.8, 4) is 5.75 Å². The van der Waals surface area contributed by atoms with E-state index in [0.29, 0.717) is 6.54 Å². The standard InChI is InChI=1S/C13H16N4O4S/c1-15-2-4-16(5-3-15)6-8-7-17-11(19)10(18)9(12(20)21)14-13(17)22-8/h7,18H,2-6H2,1H3,(H,20,21). The van der Waals surface area contributed by atoms with Gasteiger partial charge in [0.2, 0.25) is 5.75 Å². The van der Waals surface area contributed by atoms with Crippen molar-refractivity contribution in [2.24, 2.45) is 0 Å². The normalized spacial score (nSPS) is 17.1. The van der Waals surface area contributed by atoms with E-state index in [1.165, 1.54) is 15.7 Å². The van der Waals surface area contributed by atoms with Gasteiger partial charge in [-0.3, -0.25) is 14.1 Å². The van der Waals surface area contributed by atoms with Gasteiger partial charge < -0.3 is 15.1 Å². The molecule has 3 rings (SSSR count). The summed E-state index contributed by atoms with van der Waals surface area (Å²) < 4.78 is 1.21. The highest BCUT2D eigenvalue weighted by Crippen LogP contribution is 2.20. The molecule has 118 valence electrons. The Morgan fingerprint density at radius 3 is 2.68 bits per heavy atom. The average molecular weight is 324 g/mol. The predicted octanol–water partition coefficient (Wildman–Crippen LogP) is -0.0928. The Morgan fingerprint density at radius 1 is 1.36 bits per heavy atom. The van der Waals surface area contributed by atoms with Gasteiger partial charge in [0.05, 0.1) is 0 Å². The van der Waals surface area contributed by atoms with Crippen LogP contribution in [0.15, 0.2) is 11.0 Å². The summed E-state index contributed by atoms with van der Waals surface area (Å²) >= 11 is 1.27. The minimum atomic E-state index is -1.41. The molecule has 22 heavy (non-hydrogen) atoms. The molecule has 2 aromatic rings. The van der Waals surface area contributed by atoms with E-state index in [-0.39, 0.29) is 4.96 Å². The molecule has 1 aliphatic rings. The third-order valence-electron chi connectivity index (χ3n) is 3.73. The van der Waals surface area contributed by atoms with Gasteiger partial charge >= 0.3 is 11.5 Å². The van der Waals surface area contributed by atoms with Gasteiger partial charge in [0.1, 0.15) is 0 Å². The van der Waals surface area contributed by atoms with E-state index < -0.39 is 23.0 Å². The van der Waals surface area contributed by atoms with Crippen LogP contribution in [0.25, 0.3) is 4.96 Å². The molecule has 0 spiro atoms. The van der Waals surface area contributed by atoms with Gasteiger partial charge in [-0.25, -0.2) is 9.78 Å². The number of piperazine rings is 1. The summed E-state index contributed by atoms with van der Waals surface area (Å²) in [5.74, 6) is -2.24. The lowest BCUT2D eigenvalue weighted by atomic mass is 10.3. The first kappa shape index (κ1) is 14.9. The zero-order chi connectivity index (χ0) is 15.9. The molecule has 9 heteroatoms. The fraction of sp³-hybridized carbons (Fsp3) is 0.462. The molecule has 0 aliphatic carbocycles. The van der Waals surface area contributed by atoms with Crippen molar-refractivity contribution < 1.29 is 15.0 Å². The van der Waals surface area contributed by atoms with Crippen molar-refractivity contribution in [3.63, 3.8) is 0 Å². The number of hydrogen-bond acceptors (Lipinski definition) is 7. The highest BCUT2D eigenvalue weighted by atomic mass is 32.1. The van der Waals surface area contributed by atoms with E-state index in [2.05, 4.69) is 21.8 Å². The SMILES string of the molecule is CN1CCN(Cc2cn3c(=O)c(O)c(C(=O)O)nc3s2)CC1. The van der Waals surface area contributed by atoms with Crippen molar-refractivity contribution in [2.45, 2.75) is 6.54 Å². The number of carboxylic acid groups (broad SMARTS) is 1. The molecule has 0 atom stereocenters. The largest absolute Gasteiger partial charge is 0.501 e. The lowest BCUT2D eigenvalue weighted by Crippen LogP contribution is -2.43. The fourth-order valence-corrected chi connectivity index (χ4v) is 3.44. The number of aromatic carboxylic acids is 1. The van der Waals surface area contributed by atoms with Crippen molar-refractivity contribution in [1.82, 2.24) is 19.2 Å². The minimum Gasteiger partial charge on any atom is -0.501 e. The summed E-state index contributed by atoms with van der Waals surface area (Å²) in [6, 6.07) is 0. The average Bonchev–Trinajstić information content (AvgIpc) is 2.88. The number of aromatic nitrogens is 2. The molecule has 0 radical (unpaired) electrons. The zero-order valence-electron chi connectivity index (χ0n) is 12.0. The fourth-order valence-electron chi connectivity index (χ4n) is 2.43. The first-order valence-corrected chi connectivity index (χ1v) is 7.65. The number of carboxylic acids is 1. The van der Waals surface area contributed by atoms with Crippen LogP contribution in [0, 0.1) is 0 Å². The van der Waals surface area contributed by atoms with Gasteiger partial charge in [-0.1, -0.05) is 11.3 Å². The van der Waals surface area contributed by atoms with E-state index in [9.17, 15) is 14.7 Å². The van der Waals surface area contributed by atoms with Crippen LogP contribution in [0.1, 0.15) is 15.4 Å². The highest BCUT2D eigenvalue weighted by Gasteiger charge is 2.20. The Balaban J connectivity index is 1.91. The molecular formula is C13H16N4O4S. The lowest BCUT2D eigenvalue weighted by Gasteiger charge is -2.31. The van der Waals surface area contributed by atoms with Gasteiger partial charge in [0, 0.05) is 43.8 Å². The molecule has 0 unspecified atom stereocenters. The van der Waals surface area contributed by atoms with Gasteiger partial charge in [-0.05, 0) is 7.05 Å². The van der Waals surface area contributed by atoms with Crippen LogP contribution in [0.3, 0.4) is 0 Å². The predicted molar refractivity (Wildman–Crippen MR) is 80.7 cm³/mol. The Kier molecular flexibility index (Phi) is 3.85. The van der Waals surface area contributed by atoms with E-state index in [1.54, 1.807) is 6.20 Å². The Labute approximate surface area is 129 Å².